The second kappa shape index (κ2) is 8.81. The van der Waals surface area contributed by atoms with Crippen LogP contribution in [0, 0.1) is 0 Å². The van der Waals surface area contributed by atoms with Crippen molar-refractivity contribution in [2.75, 3.05) is 0 Å². The standard InChI is InChI=1S/C40H22N4OS/c1-2-13-27-26(12-1)34-28-14-3-5-17-30(28)43(38(34)39-35(27)29-15-4-6-19-32(29)46-39)24-11-7-10-23(22-24)25-16-8-18-31-36(25)37-40(45-31)44-33(42-37)20-9-21-41-44/h1-22H. The average Bonchev–Trinajstić information content (AvgIpc) is 3.86. The lowest BCUT2D eigenvalue weighted by molar-refractivity contribution is 0.637. The highest BCUT2D eigenvalue weighted by atomic mass is 32.1. The largest absolute Gasteiger partial charge is 0.436 e. The summed E-state index contributed by atoms with van der Waals surface area (Å²) in [5.41, 5.74) is 8.81. The molecule has 11 aromatic rings. The molecule has 0 aliphatic heterocycles. The molecule has 0 atom stereocenters. The summed E-state index contributed by atoms with van der Waals surface area (Å²) in [6, 6.07) is 45.5. The van der Waals surface area contributed by atoms with E-state index >= 15 is 0 Å². The van der Waals surface area contributed by atoms with Crippen LogP contribution in [0.5, 0.6) is 0 Å². The number of imidazole rings is 1. The Bertz CT molecular complexity index is 3050. The Balaban J connectivity index is 1.26. The van der Waals surface area contributed by atoms with Gasteiger partial charge in [0.25, 0.3) is 0 Å². The normalized spacial score (nSPS) is 12.3. The Hall–Kier alpha value is -5.98. The Morgan fingerprint density at radius 2 is 1.41 bits per heavy atom. The number of rotatable bonds is 2. The van der Waals surface area contributed by atoms with Crippen molar-refractivity contribution in [3.05, 3.63) is 134 Å². The third kappa shape index (κ3) is 3.08. The molecule has 0 radical (unpaired) electrons. The highest BCUT2D eigenvalue weighted by Gasteiger charge is 2.22. The van der Waals surface area contributed by atoms with Crippen molar-refractivity contribution in [3.8, 4) is 16.8 Å². The molecular formula is C40H22N4OS. The second-order valence-electron chi connectivity index (χ2n) is 11.8. The molecular weight excluding hydrogens is 585 g/mol. The van der Waals surface area contributed by atoms with E-state index in [1.165, 1.54) is 52.8 Å². The van der Waals surface area contributed by atoms with Crippen LogP contribution >= 0.6 is 11.3 Å². The van der Waals surface area contributed by atoms with Crippen molar-refractivity contribution in [3.63, 3.8) is 0 Å². The molecule has 11 rings (SSSR count). The molecule has 0 fully saturated rings. The summed E-state index contributed by atoms with van der Waals surface area (Å²) in [5.74, 6) is 0. The molecule has 5 aromatic heterocycles. The Morgan fingerprint density at radius 1 is 0.630 bits per heavy atom. The molecule has 0 spiro atoms. The first-order chi connectivity index (χ1) is 22.8. The highest BCUT2D eigenvalue weighted by Crippen LogP contribution is 2.48. The lowest BCUT2D eigenvalue weighted by atomic mass is 9.99. The number of para-hydroxylation sites is 1. The van der Waals surface area contributed by atoms with E-state index in [2.05, 4.69) is 119 Å². The smallest absolute Gasteiger partial charge is 0.249 e. The van der Waals surface area contributed by atoms with Crippen molar-refractivity contribution in [1.29, 1.82) is 0 Å². The Kier molecular flexibility index (Phi) is 4.66. The number of fused-ring (bicyclic) bond motifs is 15. The van der Waals surface area contributed by atoms with Gasteiger partial charge in [0.1, 0.15) is 11.1 Å². The maximum Gasteiger partial charge on any atom is 0.249 e. The molecule has 0 aliphatic rings. The van der Waals surface area contributed by atoms with Gasteiger partial charge in [-0.1, -0.05) is 84.9 Å². The summed E-state index contributed by atoms with van der Waals surface area (Å²) in [6.07, 6.45) is 1.76. The first-order valence-corrected chi connectivity index (χ1v) is 16.2. The lowest BCUT2D eigenvalue weighted by Crippen LogP contribution is -1.95. The minimum Gasteiger partial charge on any atom is -0.436 e. The van der Waals surface area contributed by atoms with E-state index < -0.39 is 0 Å². The third-order valence-corrected chi connectivity index (χ3v) is 10.6. The topological polar surface area (TPSA) is 48.3 Å². The number of thiophene rings is 1. The van der Waals surface area contributed by atoms with Gasteiger partial charge in [0, 0.05) is 38.1 Å². The van der Waals surface area contributed by atoms with E-state index in [0.717, 1.165) is 38.9 Å². The molecule has 0 aliphatic carbocycles. The van der Waals surface area contributed by atoms with Gasteiger partial charge in [-0.25, -0.2) is 4.98 Å². The van der Waals surface area contributed by atoms with E-state index in [1.54, 1.807) is 10.7 Å². The molecule has 5 heterocycles. The molecule has 0 bridgehead atoms. The lowest BCUT2D eigenvalue weighted by Gasteiger charge is -2.12. The van der Waals surface area contributed by atoms with Crippen LogP contribution in [-0.2, 0) is 0 Å². The minimum absolute atomic E-state index is 0.663. The highest BCUT2D eigenvalue weighted by molar-refractivity contribution is 7.27. The molecule has 0 amide bonds. The first-order valence-electron chi connectivity index (χ1n) is 15.3. The van der Waals surface area contributed by atoms with Crippen LogP contribution in [0.2, 0.25) is 0 Å². The van der Waals surface area contributed by atoms with Gasteiger partial charge in [-0.2, -0.15) is 9.61 Å². The van der Waals surface area contributed by atoms with Crippen molar-refractivity contribution in [2.24, 2.45) is 0 Å². The van der Waals surface area contributed by atoms with Crippen molar-refractivity contribution in [2.45, 2.75) is 0 Å². The fraction of sp³-hybridized carbons (Fsp3) is 0. The predicted molar refractivity (Wildman–Crippen MR) is 190 cm³/mol. The maximum absolute atomic E-state index is 6.34. The molecule has 5 nitrogen and oxygen atoms in total. The van der Waals surface area contributed by atoms with Gasteiger partial charge >= 0.3 is 0 Å². The predicted octanol–water partition coefficient (Wildman–Crippen LogP) is 10.9. The van der Waals surface area contributed by atoms with E-state index in [-0.39, 0.29) is 0 Å². The number of benzene rings is 6. The van der Waals surface area contributed by atoms with E-state index in [0.29, 0.717) is 5.71 Å². The monoisotopic (exact) mass is 606 g/mol. The maximum atomic E-state index is 6.34. The van der Waals surface area contributed by atoms with Gasteiger partial charge < -0.3 is 8.98 Å². The van der Waals surface area contributed by atoms with Crippen LogP contribution < -0.4 is 0 Å². The number of hydrogen-bond acceptors (Lipinski definition) is 4. The summed E-state index contributed by atoms with van der Waals surface area (Å²) < 4.78 is 13.2. The molecule has 0 unspecified atom stereocenters. The minimum atomic E-state index is 0.663. The molecule has 46 heavy (non-hydrogen) atoms. The van der Waals surface area contributed by atoms with E-state index in [4.69, 9.17) is 9.40 Å². The molecule has 0 N–H and O–H groups in total. The van der Waals surface area contributed by atoms with Gasteiger partial charge in [0.05, 0.1) is 21.1 Å². The van der Waals surface area contributed by atoms with Crippen molar-refractivity contribution in [1.82, 2.24) is 19.2 Å². The molecule has 0 saturated carbocycles. The Labute approximate surface area is 265 Å². The number of aromatic nitrogens is 4. The summed E-state index contributed by atoms with van der Waals surface area (Å²) in [4.78, 5) is 4.93. The molecule has 6 heteroatoms. The van der Waals surface area contributed by atoms with Gasteiger partial charge in [-0.15, -0.1) is 11.3 Å². The van der Waals surface area contributed by atoms with Crippen LogP contribution in [0.25, 0.3) is 97.4 Å². The van der Waals surface area contributed by atoms with Gasteiger partial charge in [-0.05, 0) is 64.4 Å². The average molecular weight is 607 g/mol. The van der Waals surface area contributed by atoms with E-state index in [9.17, 15) is 0 Å². The van der Waals surface area contributed by atoms with Crippen LogP contribution in [0.3, 0.4) is 0 Å². The zero-order valence-electron chi connectivity index (χ0n) is 24.3. The summed E-state index contributed by atoms with van der Waals surface area (Å²) in [7, 11) is 0. The van der Waals surface area contributed by atoms with Crippen molar-refractivity contribution < 1.29 is 4.42 Å². The van der Waals surface area contributed by atoms with Crippen LogP contribution in [0.15, 0.2) is 138 Å². The quantitative estimate of drug-likeness (QED) is 0.197. The summed E-state index contributed by atoms with van der Waals surface area (Å²) >= 11 is 1.89. The Morgan fingerprint density at radius 3 is 2.33 bits per heavy atom. The summed E-state index contributed by atoms with van der Waals surface area (Å²) in [6.45, 7) is 0. The first kappa shape index (κ1) is 24.4. The third-order valence-electron chi connectivity index (χ3n) is 9.39. The van der Waals surface area contributed by atoms with Crippen LogP contribution in [-0.4, -0.2) is 19.2 Å². The number of hydrogen-bond donors (Lipinski definition) is 0. The fourth-order valence-corrected chi connectivity index (χ4v) is 8.79. The van der Waals surface area contributed by atoms with Crippen LogP contribution in [0.4, 0.5) is 0 Å². The second-order valence-corrected chi connectivity index (χ2v) is 12.9. The molecule has 0 saturated heterocycles. The van der Waals surface area contributed by atoms with Gasteiger partial charge in [-0.3, -0.25) is 0 Å². The van der Waals surface area contributed by atoms with Crippen LogP contribution in [0.1, 0.15) is 0 Å². The van der Waals surface area contributed by atoms with Crippen molar-refractivity contribution >= 4 is 91.9 Å². The zero-order valence-corrected chi connectivity index (χ0v) is 25.1. The fourth-order valence-electron chi connectivity index (χ4n) is 7.53. The molecule has 214 valence electrons. The zero-order chi connectivity index (χ0) is 29.9. The number of furan rings is 1. The van der Waals surface area contributed by atoms with Gasteiger partial charge in [0.15, 0.2) is 5.65 Å². The SMILES string of the molecule is c1cc(-c2cccc3oc4c(nc5cccnn54)c23)cc(-n2c3ccccc3c3c4ccccc4c4c5ccccc5sc4c32)c1. The summed E-state index contributed by atoms with van der Waals surface area (Å²) in [5, 5.41) is 13.3. The molecule has 6 aromatic carbocycles. The van der Waals surface area contributed by atoms with Gasteiger partial charge in [0.2, 0.25) is 5.71 Å². The number of nitrogens with zero attached hydrogens (tertiary/aromatic N) is 4. The van der Waals surface area contributed by atoms with E-state index in [1.807, 2.05) is 29.5 Å².